The SMILES string of the molecule is CSCc1nc2ccccc2n1CC(=O)Nc1ccc(NC(C)=O)cc1C(F)(F)F. The third-order valence-corrected chi connectivity index (χ3v) is 4.78. The van der Waals surface area contributed by atoms with Crippen LogP contribution in [0.5, 0.6) is 0 Å². The van der Waals surface area contributed by atoms with Gasteiger partial charge in [0.1, 0.15) is 12.4 Å². The smallest absolute Gasteiger partial charge is 0.326 e. The van der Waals surface area contributed by atoms with E-state index in [1.54, 1.807) is 4.57 Å². The molecule has 0 saturated heterocycles. The van der Waals surface area contributed by atoms with Crippen molar-refractivity contribution in [3.05, 3.63) is 53.9 Å². The number of halogens is 3. The maximum atomic E-state index is 13.5. The first-order valence-corrected chi connectivity index (χ1v) is 10.3. The van der Waals surface area contributed by atoms with Crippen LogP contribution in [0.3, 0.4) is 0 Å². The van der Waals surface area contributed by atoms with Crippen molar-refractivity contribution in [2.24, 2.45) is 0 Å². The number of nitrogens with zero attached hydrogens (tertiary/aromatic N) is 2. The maximum Gasteiger partial charge on any atom is 0.418 e. The fourth-order valence-electron chi connectivity index (χ4n) is 3.04. The van der Waals surface area contributed by atoms with Crippen LogP contribution in [0.4, 0.5) is 24.5 Å². The van der Waals surface area contributed by atoms with E-state index in [0.29, 0.717) is 17.1 Å². The van der Waals surface area contributed by atoms with Crippen LogP contribution in [0.2, 0.25) is 0 Å². The standard InChI is InChI=1S/C20H19F3N4O2S/c1-12(28)24-13-7-8-15(14(9-13)20(21,22)23)26-19(29)10-27-17-6-4-3-5-16(17)25-18(27)11-30-2/h3-9H,10-11H2,1-2H3,(H,24,28)(H,26,29). The molecule has 0 bridgehead atoms. The average Bonchev–Trinajstić information content (AvgIpc) is 2.99. The Morgan fingerprint density at radius 3 is 2.53 bits per heavy atom. The highest BCUT2D eigenvalue weighted by Crippen LogP contribution is 2.36. The molecule has 158 valence electrons. The third kappa shape index (κ3) is 4.93. The summed E-state index contributed by atoms with van der Waals surface area (Å²) in [5.41, 5.74) is 0.0220. The lowest BCUT2D eigenvalue weighted by Crippen LogP contribution is -2.22. The number of alkyl halides is 3. The molecule has 0 saturated carbocycles. The molecule has 6 nitrogen and oxygen atoms in total. The molecule has 1 aromatic heterocycles. The molecule has 1 heterocycles. The Hall–Kier alpha value is -3.01. The van der Waals surface area contributed by atoms with Crippen molar-refractivity contribution in [3.8, 4) is 0 Å². The van der Waals surface area contributed by atoms with Gasteiger partial charge in [0.2, 0.25) is 11.8 Å². The van der Waals surface area contributed by atoms with E-state index in [1.165, 1.54) is 24.8 Å². The summed E-state index contributed by atoms with van der Waals surface area (Å²) in [5.74, 6) is 0.115. The number of hydrogen-bond acceptors (Lipinski definition) is 4. The fourth-order valence-corrected chi connectivity index (χ4v) is 3.52. The van der Waals surface area contributed by atoms with Crippen molar-refractivity contribution in [1.29, 1.82) is 0 Å². The molecular formula is C20H19F3N4O2S. The third-order valence-electron chi connectivity index (χ3n) is 4.23. The second-order valence-corrected chi connectivity index (χ2v) is 7.39. The number of thioether (sulfide) groups is 1. The van der Waals surface area contributed by atoms with Gasteiger partial charge in [0.05, 0.1) is 28.0 Å². The Morgan fingerprint density at radius 1 is 1.13 bits per heavy atom. The van der Waals surface area contributed by atoms with E-state index in [4.69, 9.17) is 0 Å². The van der Waals surface area contributed by atoms with Crippen molar-refractivity contribution in [2.45, 2.75) is 25.4 Å². The van der Waals surface area contributed by atoms with Gasteiger partial charge in [-0.2, -0.15) is 24.9 Å². The van der Waals surface area contributed by atoms with Gasteiger partial charge < -0.3 is 15.2 Å². The number of rotatable bonds is 6. The van der Waals surface area contributed by atoms with Crippen LogP contribution in [0.1, 0.15) is 18.3 Å². The molecule has 0 aliphatic carbocycles. The molecule has 0 fully saturated rings. The van der Waals surface area contributed by atoms with Gasteiger partial charge in [0.15, 0.2) is 0 Å². The number of para-hydroxylation sites is 2. The number of fused-ring (bicyclic) bond motifs is 1. The molecule has 2 amide bonds. The van der Waals surface area contributed by atoms with Gasteiger partial charge >= 0.3 is 6.18 Å². The second kappa shape index (κ2) is 8.78. The molecule has 30 heavy (non-hydrogen) atoms. The van der Waals surface area contributed by atoms with Crippen molar-refractivity contribution in [3.63, 3.8) is 0 Å². The van der Waals surface area contributed by atoms with Crippen molar-refractivity contribution in [2.75, 3.05) is 16.9 Å². The molecule has 2 N–H and O–H groups in total. The van der Waals surface area contributed by atoms with Gasteiger partial charge in [-0.25, -0.2) is 4.98 Å². The van der Waals surface area contributed by atoms with Gasteiger partial charge in [-0.1, -0.05) is 12.1 Å². The normalized spacial score (nSPS) is 11.5. The van der Waals surface area contributed by atoms with Crippen molar-refractivity contribution in [1.82, 2.24) is 9.55 Å². The Balaban J connectivity index is 1.89. The summed E-state index contributed by atoms with van der Waals surface area (Å²) in [6.45, 7) is 1.02. The summed E-state index contributed by atoms with van der Waals surface area (Å²) >= 11 is 1.53. The van der Waals surface area contributed by atoms with Gasteiger partial charge in [-0.15, -0.1) is 0 Å². The molecule has 3 aromatic rings. The van der Waals surface area contributed by atoms with Crippen LogP contribution in [-0.2, 0) is 28.1 Å². The van der Waals surface area contributed by atoms with Crippen molar-refractivity contribution < 1.29 is 22.8 Å². The van der Waals surface area contributed by atoms with E-state index < -0.39 is 23.6 Å². The van der Waals surface area contributed by atoms with E-state index in [-0.39, 0.29) is 17.9 Å². The van der Waals surface area contributed by atoms with Gasteiger partial charge in [0, 0.05) is 12.6 Å². The summed E-state index contributed by atoms with van der Waals surface area (Å²) in [4.78, 5) is 28.3. The van der Waals surface area contributed by atoms with E-state index in [1.807, 2.05) is 30.5 Å². The zero-order chi connectivity index (χ0) is 21.9. The highest BCUT2D eigenvalue weighted by Gasteiger charge is 2.34. The fraction of sp³-hybridized carbons (Fsp3) is 0.250. The summed E-state index contributed by atoms with van der Waals surface area (Å²) < 4.78 is 42.1. The molecular weight excluding hydrogens is 417 g/mol. The topological polar surface area (TPSA) is 76.0 Å². The number of amides is 2. The van der Waals surface area contributed by atoms with Gasteiger partial charge in [-0.3, -0.25) is 9.59 Å². The monoisotopic (exact) mass is 436 g/mol. The number of nitrogens with one attached hydrogen (secondary N) is 2. The van der Waals surface area contributed by atoms with E-state index in [9.17, 15) is 22.8 Å². The predicted molar refractivity (Wildman–Crippen MR) is 111 cm³/mol. The Labute approximate surface area is 174 Å². The minimum Gasteiger partial charge on any atom is -0.326 e. The summed E-state index contributed by atoms with van der Waals surface area (Å²) in [6, 6.07) is 10.5. The zero-order valence-electron chi connectivity index (χ0n) is 16.2. The second-order valence-electron chi connectivity index (χ2n) is 6.52. The average molecular weight is 436 g/mol. The minimum absolute atomic E-state index is 0.00400. The van der Waals surface area contributed by atoms with Crippen LogP contribution in [0.25, 0.3) is 11.0 Å². The molecule has 0 unspecified atom stereocenters. The zero-order valence-corrected chi connectivity index (χ0v) is 17.0. The molecule has 0 spiro atoms. The quantitative estimate of drug-likeness (QED) is 0.596. The summed E-state index contributed by atoms with van der Waals surface area (Å²) in [5, 5.41) is 4.65. The van der Waals surface area contributed by atoms with Crippen LogP contribution in [-0.4, -0.2) is 27.6 Å². The Kier molecular flexibility index (Phi) is 6.35. The largest absolute Gasteiger partial charge is 0.418 e. The maximum absolute atomic E-state index is 13.5. The number of hydrogen-bond donors (Lipinski definition) is 2. The van der Waals surface area contributed by atoms with Crippen LogP contribution >= 0.6 is 11.8 Å². The van der Waals surface area contributed by atoms with Crippen LogP contribution in [0.15, 0.2) is 42.5 Å². The van der Waals surface area contributed by atoms with Crippen molar-refractivity contribution >= 4 is 46.0 Å². The lowest BCUT2D eigenvalue weighted by molar-refractivity contribution is -0.137. The molecule has 10 heteroatoms. The predicted octanol–water partition coefficient (Wildman–Crippen LogP) is 4.52. The number of benzene rings is 2. The number of imidazole rings is 1. The Bertz CT molecular complexity index is 1100. The molecule has 0 radical (unpaired) electrons. The Morgan fingerprint density at radius 2 is 1.87 bits per heavy atom. The lowest BCUT2D eigenvalue weighted by Gasteiger charge is -2.16. The molecule has 3 rings (SSSR count). The lowest BCUT2D eigenvalue weighted by atomic mass is 10.1. The number of anilines is 2. The van der Waals surface area contributed by atoms with E-state index >= 15 is 0 Å². The minimum atomic E-state index is -4.71. The number of carbonyl (C=O) groups excluding carboxylic acids is 2. The molecule has 0 aliphatic rings. The highest BCUT2D eigenvalue weighted by atomic mass is 32.2. The first kappa shape index (κ1) is 21.7. The number of aromatic nitrogens is 2. The van der Waals surface area contributed by atoms with Gasteiger partial charge in [-0.05, 0) is 36.6 Å². The molecule has 0 aliphatic heterocycles. The molecule has 0 atom stereocenters. The first-order chi connectivity index (χ1) is 14.2. The molecule has 2 aromatic carbocycles. The van der Waals surface area contributed by atoms with Gasteiger partial charge in [0.25, 0.3) is 0 Å². The number of carbonyl (C=O) groups is 2. The van der Waals surface area contributed by atoms with E-state index in [0.717, 1.165) is 17.6 Å². The summed E-state index contributed by atoms with van der Waals surface area (Å²) in [7, 11) is 0. The highest BCUT2D eigenvalue weighted by molar-refractivity contribution is 7.97. The van der Waals surface area contributed by atoms with Crippen LogP contribution < -0.4 is 10.6 Å². The van der Waals surface area contributed by atoms with E-state index in [2.05, 4.69) is 15.6 Å². The van der Waals surface area contributed by atoms with Crippen LogP contribution in [0, 0.1) is 0 Å². The summed E-state index contributed by atoms with van der Waals surface area (Å²) in [6.07, 6.45) is -2.81. The first-order valence-electron chi connectivity index (χ1n) is 8.91.